The van der Waals surface area contributed by atoms with Crippen molar-refractivity contribution in [3.05, 3.63) is 59.5 Å². The first kappa shape index (κ1) is 18.2. The van der Waals surface area contributed by atoms with Crippen LogP contribution in [-0.2, 0) is 24.4 Å². The van der Waals surface area contributed by atoms with E-state index in [0.29, 0.717) is 25.3 Å². The molecule has 0 atom stereocenters. The molecule has 3 aromatic rings. The van der Waals surface area contributed by atoms with Crippen molar-refractivity contribution < 1.29 is 9.59 Å². The molecule has 0 unspecified atom stereocenters. The van der Waals surface area contributed by atoms with Gasteiger partial charge in [0.25, 0.3) is 5.91 Å². The molecule has 0 saturated heterocycles. The fraction of sp³-hybridized carbons (Fsp3) is 0.333. The first-order valence-electron chi connectivity index (χ1n) is 9.42. The van der Waals surface area contributed by atoms with Gasteiger partial charge in [-0.1, -0.05) is 18.2 Å². The minimum Gasteiger partial charge on any atom is -0.337 e. The van der Waals surface area contributed by atoms with Crippen molar-refractivity contribution in [3.8, 4) is 0 Å². The van der Waals surface area contributed by atoms with Gasteiger partial charge in [-0.25, -0.2) is 0 Å². The molecule has 7 heteroatoms. The summed E-state index contributed by atoms with van der Waals surface area (Å²) in [5.74, 6) is -0.0912. The third-order valence-electron chi connectivity index (χ3n) is 5.09. The van der Waals surface area contributed by atoms with Crippen LogP contribution in [0.15, 0.2) is 42.6 Å². The summed E-state index contributed by atoms with van der Waals surface area (Å²) in [6, 6.07) is 11.8. The zero-order chi connectivity index (χ0) is 19.7. The summed E-state index contributed by atoms with van der Waals surface area (Å²) in [7, 11) is 1.77. The van der Waals surface area contributed by atoms with Crippen LogP contribution < -0.4 is 0 Å². The van der Waals surface area contributed by atoms with Crippen molar-refractivity contribution >= 4 is 22.7 Å². The van der Waals surface area contributed by atoms with Crippen LogP contribution in [-0.4, -0.2) is 50.0 Å². The van der Waals surface area contributed by atoms with Gasteiger partial charge in [0.05, 0.1) is 17.8 Å². The van der Waals surface area contributed by atoms with Gasteiger partial charge in [-0.2, -0.15) is 5.10 Å². The summed E-state index contributed by atoms with van der Waals surface area (Å²) in [6.45, 7) is 3.96. The van der Waals surface area contributed by atoms with E-state index in [2.05, 4.69) is 16.1 Å². The van der Waals surface area contributed by atoms with Gasteiger partial charge < -0.3 is 9.80 Å². The third-order valence-corrected chi connectivity index (χ3v) is 5.09. The summed E-state index contributed by atoms with van der Waals surface area (Å²) < 4.78 is 1.85. The van der Waals surface area contributed by atoms with Gasteiger partial charge in [0.1, 0.15) is 0 Å². The Morgan fingerprint density at radius 1 is 1.18 bits per heavy atom. The molecular formula is C21H23N5O2. The molecule has 28 heavy (non-hydrogen) atoms. The normalized spacial score (nSPS) is 13.9. The molecule has 0 fully saturated rings. The van der Waals surface area contributed by atoms with Crippen LogP contribution in [0.2, 0.25) is 0 Å². The van der Waals surface area contributed by atoms with E-state index in [4.69, 9.17) is 0 Å². The van der Waals surface area contributed by atoms with Crippen LogP contribution in [0.25, 0.3) is 10.9 Å². The fourth-order valence-electron chi connectivity index (χ4n) is 3.58. The molecular weight excluding hydrogens is 354 g/mol. The van der Waals surface area contributed by atoms with Crippen LogP contribution in [0.1, 0.15) is 35.1 Å². The summed E-state index contributed by atoms with van der Waals surface area (Å²) >= 11 is 0. The van der Waals surface area contributed by atoms with Crippen molar-refractivity contribution in [2.75, 3.05) is 13.6 Å². The Morgan fingerprint density at radius 2 is 2.00 bits per heavy atom. The standard InChI is InChI=1S/C21H23N5O2/c1-15(27)25-8-5-9-26-18(14-25)11-20(23-26)21(28)24(2)13-16-10-17-6-3-4-7-19(17)22-12-16/h3-4,6-7,10-12H,5,8-9,13-14H2,1-2H3. The average molecular weight is 377 g/mol. The largest absolute Gasteiger partial charge is 0.337 e. The van der Waals surface area contributed by atoms with Gasteiger partial charge in [0.2, 0.25) is 5.91 Å². The summed E-state index contributed by atoms with van der Waals surface area (Å²) in [5.41, 5.74) is 3.22. The number of carbonyl (C=O) groups is 2. The number of hydrogen-bond donors (Lipinski definition) is 0. The smallest absolute Gasteiger partial charge is 0.274 e. The van der Waals surface area contributed by atoms with Gasteiger partial charge in [-0.3, -0.25) is 19.3 Å². The van der Waals surface area contributed by atoms with Gasteiger partial charge in [-0.05, 0) is 30.2 Å². The number of carbonyl (C=O) groups excluding carboxylic acids is 2. The molecule has 1 aromatic carbocycles. The Morgan fingerprint density at radius 3 is 2.82 bits per heavy atom. The highest BCUT2D eigenvalue weighted by Crippen LogP contribution is 2.17. The number of pyridine rings is 1. The van der Waals surface area contributed by atoms with E-state index in [1.807, 2.05) is 28.9 Å². The second kappa shape index (κ2) is 7.42. The molecule has 1 aliphatic rings. The first-order valence-corrected chi connectivity index (χ1v) is 9.42. The van der Waals surface area contributed by atoms with E-state index in [1.54, 1.807) is 36.0 Å². The maximum atomic E-state index is 12.9. The molecule has 2 aromatic heterocycles. The summed E-state index contributed by atoms with van der Waals surface area (Å²) in [4.78, 5) is 32.5. The van der Waals surface area contributed by atoms with E-state index < -0.39 is 0 Å². The van der Waals surface area contributed by atoms with Gasteiger partial charge >= 0.3 is 0 Å². The SMILES string of the molecule is CC(=O)N1CCCn2nc(C(=O)N(C)Cc3cnc4ccccc4c3)cc2C1. The molecule has 4 rings (SSSR count). The summed E-state index contributed by atoms with van der Waals surface area (Å²) in [6.07, 6.45) is 2.64. The van der Waals surface area contributed by atoms with E-state index >= 15 is 0 Å². The van der Waals surface area contributed by atoms with E-state index in [1.165, 1.54) is 0 Å². The summed E-state index contributed by atoms with van der Waals surface area (Å²) in [5, 5.41) is 5.54. The number of para-hydroxylation sites is 1. The Kier molecular flexibility index (Phi) is 4.81. The lowest BCUT2D eigenvalue weighted by Gasteiger charge is -2.17. The number of aryl methyl sites for hydroxylation is 1. The number of hydrogen-bond acceptors (Lipinski definition) is 4. The lowest BCUT2D eigenvalue weighted by atomic mass is 10.1. The Hall–Kier alpha value is -3.22. The predicted molar refractivity (Wildman–Crippen MR) is 105 cm³/mol. The van der Waals surface area contributed by atoms with Crippen molar-refractivity contribution in [3.63, 3.8) is 0 Å². The highest BCUT2D eigenvalue weighted by atomic mass is 16.2. The van der Waals surface area contributed by atoms with Crippen molar-refractivity contribution in [2.45, 2.75) is 33.0 Å². The molecule has 1 aliphatic heterocycles. The molecule has 0 spiro atoms. The monoisotopic (exact) mass is 377 g/mol. The van der Waals surface area contributed by atoms with E-state index in [0.717, 1.165) is 35.1 Å². The lowest BCUT2D eigenvalue weighted by Crippen LogP contribution is -2.28. The van der Waals surface area contributed by atoms with Crippen molar-refractivity contribution in [1.29, 1.82) is 0 Å². The van der Waals surface area contributed by atoms with Crippen LogP contribution >= 0.6 is 0 Å². The molecule has 0 radical (unpaired) electrons. The maximum Gasteiger partial charge on any atom is 0.274 e. The highest BCUT2D eigenvalue weighted by molar-refractivity contribution is 5.92. The second-order valence-corrected chi connectivity index (χ2v) is 7.24. The number of fused-ring (bicyclic) bond motifs is 2. The number of benzene rings is 1. The quantitative estimate of drug-likeness (QED) is 0.703. The van der Waals surface area contributed by atoms with Crippen LogP contribution in [0, 0.1) is 0 Å². The van der Waals surface area contributed by atoms with Gasteiger partial charge in [-0.15, -0.1) is 0 Å². The zero-order valence-corrected chi connectivity index (χ0v) is 16.1. The third kappa shape index (κ3) is 3.60. The lowest BCUT2D eigenvalue weighted by molar-refractivity contribution is -0.129. The number of aromatic nitrogens is 3. The fourth-order valence-corrected chi connectivity index (χ4v) is 3.58. The maximum absolute atomic E-state index is 12.9. The molecule has 0 saturated carbocycles. The molecule has 2 amide bonds. The predicted octanol–water partition coefficient (Wildman–Crippen LogP) is 2.46. The highest BCUT2D eigenvalue weighted by Gasteiger charge is 2.22. The molecule has 0 bridgehead atoms. The minimum absolute atomic E-state index is 0.0449. The number of rotatable bonds is 3. The minimum atomic E-state index is -0.136. The van der Waals surface area contributed by atoms with Gasteiger partial charge in [0, 0.05) is 45.2 Å². The Balaban J connectivity index is 1.51. The number of nitrogens with zero attached hydrogens (tertiary/aromatic N) is 5. The topological polar surface area (TPSA) is 71.3 Å². The van der Waals surface area contributed by atoms with Crippen molar-refractivity contribution in [2.24, 2.45) is 0 Å². The van der Waals surface area contributed by atoms with Crippen molar-refractivity contribution in [1.82, 2.24) is 24.6 Å². The molecule has 0 aliphatic carbocycles. The molecule has 0 N–H and O–H groups in total. The molecule has 7 nitrogen and oxygen atoms in total. The average Bonchev–Trinajstić information content (AvgIpc) is 2.98. The first-order chi connectivity index (χ1) is 13.5. The van der Waals surface area contributed by atoms with E-state index in [9.17, 15) is 9.59 Å². The second-order valence-electron chi connectivity index (χ2n) is 7.24. The van der Waals surface area contributed by atoms with Gasteiger partial charge in [0.15, 0.2) is 5.69 Å². The van der Waals surface area contributed by atoms with E-state index in [-0.39, 0.29) is 11.8 Å². The molecule has 144 valence electrons. The zero-order valence-electron chi connectivity index (χ0n) is 16.1. The van der Waals surface area contributed by atoms with Crippen LogP contribution in [0.3, 0.4) is 0 Å². The Labute approximate surface area is 163 Å². The Bertz CT molecular complexity index is 1040. The number of amides is 2. The van der Waals surface area contributed by atoms with Crippen LogP contribution in [0.5, 0.6) is 0 Å². The van der Waals surface area contributed by atoms with Crippen LogP contribution in [0.4, 0.5) is 0 Å². The molecule has 3 heterocycles.